The Labute approximate surface area is 126 Å². The summed E-state index contributed by atoms with van der Waals surface area (Å²) in [6, 6.07) is 13.0. The lowest BCUT2D eigenvalue weighted by molar-refractivity contribution is 0.100. The summed E-state index contributed by atoms with van der Waals surface area (Å²) in [5, 5.41) is 3.30. The number of anilines is 2. The Kier molecular flexibility index (Phi) is 4.29. The first kappa shape index (κ1) is 14.4. The molecule has 0 radical (unpaired) electrons. The summed E-state index contributed by atoms with van der Waals surface area (Å²) in [5.74, 6) is -0.454. The maximum absolute atomic E-state index is 11.4. The number of benzene rings is 2. The first-order valence-electron chi connectivity index (χ1n) is 6.18. The second kappa shape index (κ2) is 5.96. The molecule has 0 spiro atoms. The molecule has 0 saturated heterocycles. The van der Waals surface area contributed by atoms with E-state index in [0.29, 0.717) is 11.3 Å². The molecule has 0 saturated carbocycles. The van der Waals surface area contributed by atoms with Crippen molar-refractivity contribution in [1.29, 1.82) is 0 Å². The molecule has 1 amide bonds. The highest BCUT2D eigenvalue weighted by molar-refractivity contribution is 9.10. The van der Waals surface area contributed by atoms with E-state index in [2.05, 4.69) is 21.2 Å². The molecule has 20 heavy (non-hydrogen) atoms. The topological polar surface area (TPSA) is 81.1 Å². The third kappa shape index (κ3) is 3.30. The number of primary amides is 1. The Morgan fingerprint density at radius 2 is 1.85 bits per heavy atom. The zero-order chi connectivity index (χ0) is 14.7. The monoisotopic (exact) mass is 333 g/mol. The second-order valence-electron chi connectivity index (χ2n) is 4.59. The first-order chi connectivity index (χ1) is 9.47. The van der Waals surface area contributed by atoms with E-state index in [1.165, 1.54) is 0 Å². The van der Waals surface area contributed by atoms with Gasteiger partial charge in [0.2, 0.25) is 0 Å². The summed E-state index contributed by atoms with van der Waals surface area (Å²) in [5.41, 5.74) is 14.0. The molecule has 0 aromatic heterocycles. The Hall–Kier alpha value is -2.01. The van der Waals surface area contributed by atoms with Crippen molar-refractivity contribution in [3.63, 3.8) is 0 Å². The number of nitrogens with two attached hydrogens (primary N) is 2. The molecular formula is C15H16BrN3O. The van der Waals surface area contributed by atoms with Gasteiger partial charge in [-0.25, -0.2) is 0 Å². The minimum atomic E-state index is -0.454. The van der Waals surface area contributed by atoms with E-state index in [-0.39, 0.29) is 6.04 Å². The molecule has 1 unspecified atom stereocenters. The van der Waals surface area contributed by atoms with Gasteiger partial charge in [0, 0.05) is 21.9 Å². The van der Waals surface area contributed by atoms with Crippen LogP contribution in [0.25, 0.3) is 0 Å². The molecule has 0 aliphatic heterocycles. The van der Waals surface area contributed by atoms with Gasteiger partial charge in [0.15, 0.2) is 0 Å². The van der Waals surface area contributed by atoms with Crippen LogP contribution in [0.5, 0.6) is 0 Å². The largest absolute Gasteiger partial charge is 0.399 e. The van der Waals surface area contributed by atoms with Crippen molar-refractivity contribution < 1.29 is 4.79 Å². The Morgan fingerprint density at radius 3 is 2.45 bits per heavy atom. The van der Waals surface area contributed by atoms with Crippen LogP contribution in [0.15, 0.2) is 46.9 Å². The summed E-state index contributed by atoms with van der Waals surface area (Å²) < 4.78 is 0.884. The van der Waals surface area contributed by atoms with E-state index >= 15 is 0 Å². The number of carbonyl (C=O) groups is 1. The molecule has 0 aliphatic carbocycles. The fourth-order valence-electron chi connectivity index (χ4n) is 1.95. The molecule has 5 N–H and O–H groups in total. The van der Waals surface area contributed by atoms with Crippen LogP contribution in [0.2, 0.25) is 0 Å². The van der Waals surface area contributed by atoms with E-state index in [1.807, 2.05) is 37.3 Å². The lowest BCUT2D eigenvalue weighted by atomic mass is 10.1. The third-order valence-corrected chi connectivity index (χ3v) is 3.55. The summed E-state index contributed by atoms with van der Waals surface area (Å²) >= 11 is 3.39. The summed E-state index contributed by atoms with van der Waals surface area (Å²) in [6.07, 6.45) is 0. The highest BCUT2D eigenvalue weighted by atomic mass is 79.9. The second-order valence-corrected chi connectivity index (χ2v) is 5.50. The van der Waals surface area contributed by atoms with Crippen molar-refractivity contribution >= 4 is 33.2 Å². The number of hydrogen-bond donors (Lipinski definition) is 3. The van der Waals surface area contributed by atoms with Gasteiger partial charge in [-0.15, -0.1) is 0 Å². The molecule has 5 heteroatoms. The van der Waals surface area contributed by atoms with Gasteiger partial charge >= 0.3 is 0 Å². The molecule has 2 aromatic rings. The van der Waals surface area contributed by atoms with Gasteiger partial charge in [0.05, 0.1) is 5.56 Å². The molecule has 0 bridgehead atoms. The number of rotatable bonds is 4. The molecule has 104 valence electrons. The quantitative estimate of drug-likeness (QED) is 0.751. The molecule has 2 rings (SSSR count). The van der Waals surface area contributed by atoms with Crippen LogP contribution >= 0.6 is 15.9 Å². The van der Waals surface area contributed by atoms with Crippen LogP contribution in [0, 0.1) is 0 Å². The average molecular weight is 334 g/mol. The van der Waals surface area contributed by atoms with Crippen LogP contribution in [-0.4, -0.2) is 5.91 Å². The highest BCUT2D eigenvalue weighted by Gasteiger charge is 2.12. The van der Waals surface area contributed by atoms with Crippen LogP contribution in [0.1, 0.15) is 28.9 Å². The average Bonchev–Trinajstić information content (AvgIpc) is 2.39. The van der Waals surface area contributed by atoms with Gasteiger partial charge in [0.25, 0.3) is 5.91 Å². The fourth-order valence-corrected chi connectivity index (χ4v) is 2.31. The SMILES string of the molecule is CC(Nc1cc(Br)ccc1C(N)=O)c1ccc(N)cc1. The molecule has 2 aromatic carbocycles. The minimum absolute atomic E-state index is 0.0306. The van der Waals surface area contributed by atoms with E-state index in [4.69, 9.17) is 11.5 Å². The maximum Gasteiger partial charge on any atom is 0.250 e. The predicted octanol–water partition coefficient (Wildman–Crippen LogP) is 3.30. The zero-order valence-electron chi connectivity index (χ0n) is 11.1. The van der Waals surface area contributed by atoms with Crippen LogP contribution in [0.4, 0.5) is 11.4 Å². The lowest BCUT2D eigenvalue weighted by Crippen LogP contribution is -2.16. The number of amides is 1. The highest BCUT2D eigenvalue weighted by Crippen LogP contribution is 2.26. The minimum Gasteiger partial charge on any atom is -0.399 e. The van der Waals surface area contributed by atoms with Crippen molar-refractivity contribution in [2.24, 2.45) is 5.73 Å². The summed E-state index contributed by atoms with van der Waals surface area (Å²) in [7, 11) is 0. The van der Waals surface area contributed by atoms with Crippen molar-refractivity contribution in [2.45, 2.75) is 13.0 Å². The molecule has 0 aliphatic rings. The molecule has 0 fully saturated rings. The number of nitrogens with one attached hydrogen (secondary N) is 1. The van der Waals surface area contributed by atoms with Gasteiger partial charge in [-0.2, -0.15) is 0 Å². The fraction of sp³-hybridized carbons (Fsp3) is 0.133. The Balaban J connectivity index is 2.27. The van der Waals surface area contributed by atoms with Crippen LogP contribution in [-0.2, 0) is 0 Å². The number of nitrogen functional groups attached to an aromatic ring is 1. The smallest absolute Gasteiger partial charge is 0.250 e. The number of carbonyl (C=O) groups excluding carboxylic acids is 1. The van der Waals surface area contributed by atoms with Crippen molar-refractivity contribution in [1.82, 2.24) is 0 Å². The standard InChI is InChI=1S/C15H16BrN3O/c1-9(10-2-5-12(17)6-3-10)19-14-8-11(16)4-7-13(14)15(18)20/h2-9,19H,17H2,1H3,(H2,18,20). The first-order valence-corrected chi connectivity index (χ1v) is 6.98. The number of hydrogen-bond acceptors (Lipinski definition) is 3. The Morgan fingerprint density at radius 1 is 1.20 bits per heavy atom. The summed E-state index contributed by atoms with van der Waals surface area (Å²) in [4.78, 5) is 11.4. The predicted molar refractivity (Wildman–Crippen MR) is 85.6 cm³/mol. The van der Waals surface area contributed by atoms with E-state index in [1.54, 1.807) is 12.1 Å². The summed E-state index contributed by atoms with van der Waals surface area (Å²) in [6.45, 7) is 2.01. The van der Waals surface area contributed by atoms with Gasteiger partial charge in [-0.1, -0.05) is 28.1 Å². The Bertz CT molecular complexity index is 626. The van der Waals surface area contributed by atoms with Gasteiger partial charge in [-0.3, -0.25) is 4.79 Å². The van der Waals surface area contributed by atoms with E-state index in [9.17, 15) is 4.79 Å². The maximum atomic E-state index is 11.4. The van der Waals surface area contributed by atoms with Crippen LogP contribution in [0.3, 0.4) is 0 Å². The lowest BCUT2D eigenvalue weighted by Gasteiger charge is -2.18. The molecular weight excluding hydrogens is 318 g/mol. The molecule has 1 atom stereocenters. The molecule has 0 heterocycles. The van der Waals surface area contributed by atoms with Crippen LogP contribution < -0.4 is 16.8 Å². The van der Waals surface area contributed by atoms with Gasteiger partial charge in [0.1, 0.15) is 0 Å². The normalized spacial score (nSPS) is 11.9. The zero-order valence-corrected chi connectivity index (χ0v) is 12.6. The van der Waals surface area contributed by atoms with E-state index < -0.39 is 5.91 Å². The van der Waals surface area contributed by atoms with Crippen molar-refractivity contribution in [3.05, 3.63) is 58.1 Å². The molecule has 4 nitrogen and oxygen atoms in total. The van der Waals surface area contributed by atoms with Crippen molar-refractivity contribution in [3.8, 4) is 0 Å². The van der Waals surface area contributed by atoms with Gasteiger partial charge < -0.3 is 16.8 Å². The van der Waals surface area contributed by atoms with E-state index in [0.717, 1.165) is 15.7 Å². The van der Waals surface area contributed by atoms with Crippen molar-refractivity contribution in [2.75, 3.05) is 11.1 Å². The van der Waals surface area contributed by atoms with Gasteiger partial charge in [-0.05, 0) is 42.8 Å². The third-order valence-electron chi connectivity index (χ3n) is 3.06. The number of halogens is 1.